The number of sulfone groups is 2. The largest absolute Gasteiger partial charge is 0.415 e. The summed E-state index contributed by atoms with van der Waals surface area (Å²) in [6.07, 6.45) is -2.97. The Labute approximate surface area is 362 Å². The molecule has 0 bridgehead atoms. The predicted octanol–water partition coefficient (Wildman–Crippen LogP) is 5.77. The SMILES string of the molecule is NCC(=O)c1ccc(CN(C(=O)N2CCS(=O)(=O)CC2)c2ccc(F)cc2)c(F)c1.O=C(N1CCS(=O)(=O)CC1)N(Cc1ccc(-c2nnc(C(F)F)o2)cc1F)c1ccc(F)cc1. The molecule has 0 spiro atoms. The molecular weight excluding hydrogens is 897 g/mol. The number of ketones is 1. The molecule has 1 aromatic heterocycles. The van der Waals surface area contributed by atoms with E-state index >= 15 is 0 Å². The highest BCUT2D eigenvalue weighted by Gasteiger charge is 2.31. The molecule has 340 valence electrons. The molecule has 3 heterocycles. The highest BCUT2D eigenvalue weighted by atomic mass is 32.2. The van der Waals surface area contributed by atoms with Crippen LogP contribution in [0.3, 0.4) is 0 Å². The van der Waals surface area contributed by atoms with Crippen LogP contribution in [0.4, 0.5) is 47.3 Å². The smallest absolute Gasteiger partial charge is 0.324 e. The molecule has 7 rings (SSSR count). The van der Waals surface area contributed by atoms with Gasteiger partial charge in [-0.3, -0.25) is 14.6 Å². The van der Waals surface area contributed by atoms with Crippen molar-refractivity contribution >= 4 is 48.9 Å². The van der Waals surface area contributed by atoms with Crippen LogP contribution < -0.4 is 15.5 Å². The number of hydrogen-bond acceptors (Lipinski definition) is 11. The van der Waals surface area contributed by atoms with Crippen LogP contribution in [0.1, 0.15) is 33.8 Å². The zero-order valence-electron chi connectivity index (χ0n) is 33.5. The summed E-state index contributed by atoms with van der Waals surface area (Å²) < 4.78 is 133. The third-order valence-corrected chi connectivity index (χ3v) is 13.3. The van der Waals surface area contributed by atoms with Crippen molar-refractivity contribution in [3.63, 3.8) is 0 Å². The summed E-state index contributed by atoms with van der Waals surface area (Å²) in [4.78, 5) is 43.1. The summed E-state index contributed by atoms with van der Waals surface area (Å²) in [6, 6.07) is 16.6. The zero-order valence-corrected chi connectivity index (χ0v) is 35.2. The topological polar surface area (TPSA) is 197 Å². The fourth-order valence-electron chi connectivity index (χ4n) is 6.49. The molecule has 0 atom stereocenters. The molecule has 0 radical (unpaired) electrons. The van der Waals surface area contributed by atoms with Crippen molar-refractivity contribution in [1.82, 2.24) is 20.0 Å². The molecule has 4 amide bonds. The monoisotopic (exact) mass is 935 g/mol. The Balaban J connectivity index is 0.000000214. The number of halogens is 6. The van der Waals surface area contributed by atoms with Gasteiger partial charge in [-0.05, 0) is 66.7 Å². The first-order valence-electron chi connectivity index (χ1n) is 19.3. The van der Waals surface area contributed by atoms with Crippen LogP contribution >= 0.6 is 0 Å². The average molecular weight is 936 g/mol. The number of nitrogens with two attached hydrogens (primary N) is 1. The molecule has 0 unspecified atom stereocenters. The van der Waals surface area contributed by atoms with E-state index in [4.69, 9.17) is 10.2 Å². The van der Waals surface area contributed by atoms with Crippen LogP contribution in [0.25, 0.3) is 11.5 Å². The van der Waals surface area contributed by atoms with E-state index in [1.165, 1.54) is 80.3 Å². The molecule has 5 aromatic rings. The van der Waals surface area contributed by atoms with Gasteiger partial charge in [-0.2, -0.15) is 8.78 Å². The number of benzene rings is 4. The van der Waals surface area contributed by atoms with E-state index in [0.29, 0.717) is 5.69 Å². The standard InChI is InChI=1S/C21H18F4N4O4S.C20H21F2N3O4S/c22-15-3-5-16(6-4-15)29(21(30)28-7-9-34(31,32)10-8-28)12-14-2-1-13(11-17(14)23)19-26-27-20(33-19)18(24)25;21-16-3-5-17(6-4-16)25(20(27)24-7-9-30(28,29)10-8-24)13-15-2-1-14(11-18(15)22)19(26)12-23/h1-6,11,18H,7-10,12H2;1-6,11H,7-10,12-13,23H2. The van der Waals surface area contributed by atoms with Crippen LogP contribution in [-0.4, -0.2) is 110 Å². The first-order chi connectivity index (χ1) is 30.3. The van der Waals surface area contributed by atoms with Crippen LogP contribution in [-0.2, 0) is 32.8 Å². The van der Waals surface area contributed by atoms with Crippen molar-refractivity contribution in [1.29, 1.82) is 0 Å². The number of alkyl halides is 2. The molecular formula is C41H39F6N7O8S2. The van der Waals surface area contributed by atoms with Gasteiger partial charge in [-0.1, -0.05) is 18.2 Å². The van der Waals surface area contributed by atoms with Crippen molar-refractivity contribution in [2.45, 2.75) is 19.5 Å². The van der Waals surface area contributed by atoms with Gasteiger partial charge >= 0.3 is 18.5 Å². The quantitative estimate of drug-likeness (QED) is 0.132. The number of aromatic nitrogens is 2. The van der Waals surface area contributed by atoms with Gasteiger partial charge in [0, 0.05) is 59.8 Å². The summed E-state index contributed by atoms with van der Waals surface area (Å²) >= 11 is 0. The maximum Gasteiger partial charge on any atom is 0.324 e. The van der Waals surface area contributed by atoms with Crippen molar-refractivity contribution in [2.75, 3.05) is 65.5 Å². The van der Waals surface area contributed by atoms with Crippen LogP contribution in [0.2, 0.25) is 0 Å². The summed E-state index contributed by atoms with van der Waals surface area (Å²) in [6.45, 7) is -0.705. The Morgan fingerprint density at radius 2 is 1.08 bits per heavy atom. The maximum absolute atomic E-state index is 14.9. The van der Waals surface area contributed by atoms with Gasteiger partial charge in [0.1, 0.15) is 23.3 Å². The molecule has 0 aliphatic carbocycles. The number of carbonyl (C=O) groups is 3. The summed E-state index contributed by atoms with van der Waals surface area (Å²) in [5, 5.41) is 6.68. The van der Waals surface area contributed by atoms with Gasteiger partial charge in [-0.15, -0.1) is 10.2 Å². The molecule has 2 fully saturated rings. The molecule has 4 aromatic carbocycles. The minimum Gasteiger partial charge on any atom is -0.415 e. The Morgan fingerprint density at radius 1 is 0.641 bits per heavy atom. The van der Waals surface area contributed by atoms with Gasteiger partial charge in [0.2, 0.25) is 5.89 Å². The normalized spacial score (nSPS) is 15.6. The third-order valence-electron chi connectivity index (χ3n) is 10.1. The molecule has 23 heteroatoms. The van der Waals surface area contributed by atoms with Crippen molar-refractivity contribution in [2.24, 2.45) is 5.73 Å². The molecule has 64 heavy (non-hydrogen) atoms. The number of rotatable bonds is 10. The summed E-state index contributed by atoms with van der Waals surface area (Å²) in [5.41, 5.74) is 6.32. The Hall–Kier alpha value is -6.33. The van der Waals surface area contributed by atoms with Crippen molar-refractivity contribution in [3.05, 3.63) is 131 Å². The zero-order chi connectivity index (χ0) is 46.3. The number of anilines is 2. The second-order valence-electron chi connectivity index (χ2n) is 14.5. The summed E-state index contributed by atoms with van der Waals surface area (Å²) in [5.74, 6) is -4.76. The number of hydrogen-bond donors (Lipinski definition) is 1. The third kappa shape index (κ3) is 11.8. The van der Waals surface area contributed by atoms with E-state index < -0.39 is 73.1 Å². The minimum atomic E-state index is -3.23. The molecule has 2 aliphatic heterocycles. The first kappa shape index (κ1) is 47.2. The van der Waals surface area contributed by atoms with Gasteiger partial charge in [0.25, 0.3) is 5.89 Å². The predicted molar refractivity (Wildman–Crippen MR) is 221 cm³/mol. The molecule has 2 saturated heterocycles. The number of nitrogens with zero attached hydrogens (tertiary/aromatic N) is 6. The van der Waals surface area contributed by atoms with E-state index in [-0.39, 0.29) is 103 Å². The van der Waals surface area contributed by atoms with Gasteiger partial charge < -0.3 is 20.0 Å². The Kier molecular flexibility index (Phi) is 14.7. The van der Waals surface area contributed by atoms with Crippen molar-refractivity contribution in [3.8, 4) is 11.5 Å². The van der Waals surface area contributed by atoms with Crippen LogP contribution in [0, 0.1) is 23.3 Å². The minimum absolute atomic E-state index is 0.0191. The lowest BCUT2D eigenvalue weighted by Crippen LogP contribution is -2.49. The highest BCUT2D eigenvalue weighted by Crippen LogP contribution is 2.28. The Morgan fingerprint density at radius 3 is 1.47 bits per heavy atom. The lowest BCUT2D eigenvalue weighted by atomic mass is 10.1. The van der Waals surface area contributed by atoms with E-state index in [2.05, 4.69) is 10.2 Å². The van der Waals surface area contributed by atoms with E-state index in [0.717, 1.165) is 24.3 Å². The number of amides is 4. The molecule has 0 saturated carbocycles. The average Bonchev–Trinajstić information content (AvgIpc) is 3.77. The first-order valence-corrected chi connectivity index (χ1v) is 22.9. The molecule has 2 aliphatic rings. The molecule has 15 nitrogen and oxygen atoms in total. The van der Waals surface area contributed by atoms with Gasteiger partial charge in [0.15, 0.2) is 25.5 Å². The second kappa shape index (κ2) is 20.0. The number of urea groups is 2. The van der Waals surface area contributed by atoms with E-state index in [9.17, 15) is 57.6 Å². The van der Waals surface area contributed by atoms with Gasteiger partial charge in [-0.25, -0.2) is 44.0 Å². The van der Waals surface area contributed by atoms with E-state index in [1.54, 1.807) is 0 Å². The van der Waals surface area contributed by atoms with Crippen LogP contribution in [0.15, 0.2) is 89.3 Å². The molecule has 2 N–H and O–H groups in total. The second-order valence-corrected chi connectivity index (χ2v) is 19.1. The Bertz CT molecular complexity index is 2700. The lowest BCUT2D eigenvalue weighted by Gasteiger charge is -2.33. The lowest BCUT2D eigenvalue weighted by molar-refractivity contribution is 0.100. The summed E-state index contributed by atoms with van der Waals surface area (Å²) in [7, 11) is -6.42. The highest BCUT2D eigenvalue weighted by molar-refractivity contribution is 7.91. The van der Waals surface area contributed by atoms with Crippen LogP contribution in [0.5, 0.6) is 0 Å². The van der Waals surface area contributed by atoms with Crippen molar-refractivity contribution < 1.29 is 62.0 Å². The van der Waals surface area contributed by atoms with E-state index in [1.807, 2.05) is 0 Å². The fraction of sp³-hybridized carbons (Fsp3) is 0.293. The number of carbonyl (C=O) groups excluding carboxylic acids is 3. The maximum atomic E-state index is 14.9. The number of Topliss-reactive ketones (excluding diaryl/α,β-unsaturated/α-hetero) is 1. The van der Waals surface area contributed by atoms with Gasteiger partial charge in [0.05, 0.1) is 42.6 Å². The fourth-order valence-corrected chi connectivity index (χ4v) is 8.89.